The van der Waals surface area contributed by atoms with Crippen molar-refractivity contribution < 1.29 is 4.79 Å². The first-order valence-corrected chi connectivity index (χ1v) is 11.1. The Morgan fingerprint density at radius 1 is 1.17 bits per heavy atom. The summed E-state index contributed by atoms with van der Waals surface area (Å²) in [6, 6.07) is 7.82. The van der Waals surface area contributed by atoms with Crippen LogP contribution >= 0.6 is 22.9 Å². The fraction of sp³-hybridized carbons (Fsp3) is 0.391. The molecule has 0 amide bonds. The van der Waals surface area contributed by atoms with Gasteiger partial charge in [-0.3, -0.25) is 9.78 Å². The van der Waals surface area contributed by atoms with Crippen LogP contribution in [0.1, 0.15) is 60.6 Å². The summed E-state index contributed by atoms with van der Waals surface area (Å²) in [6.07, 6.45) is 4.15. The molecule has 0 saturated heterocycles. The molecule has 3 heterocycles. The SMILES string of the molecule is CC.CC(C)(C)c1ncc(C=O)s1.CNCc1ccc(-c2ccnc(Cl)c2)nc1C. The number of nitrogens with one attached hydrogen (secondary N) is 1. The van der Waals surface area contributed by atoms with Gasteiger partial charge in [0.05, 0.1) is 15.6 Å². The summed E-state index contributed by atoms with van der Waals surface area (Å²) in [5.74, 6) is 0. The van der Waals surface area contributed by atoms with Gasteiger partial charge >= 0.3 is 0 Å². The van der Waals surface area contributed by atoms with E-state index in [4.69, 9.17) is 11.6 Å². The lowest BCUT2D eigenvalue weighted by Gasteiger charge is -2.13. The highest BCUT2D eigenvalue weighted by Gasteiger charge is 2.17. The smallest absolute Gasteiger partial charge is 0.161 e. The number of thiazole rings is 1. The average Bonchev–Trinajstić information content (AvgIpc) is 3.22. The number of hydrogen-bond acceptors (Lipinski definition) is 6. The zero-order valence-corrected chi connectivity index (χ0v) is 20.4. The van der Waals surface area contributed by atoms with Crippen LogP contribution in [0.5, 0.6) is 0 Å². The third kappa shape index (κ3) is 7.94. The van der Waals surface area contributed by atoms with E-state index >= 15 is 0 Å². The van der Waals surface area contributed by atoms with E-state index in [0.29, 0.717) is 10.0 Å². The van der Waals surface area contributed by atoms with Crippen molar-refractivity contribution in [2.45, 2.75) is 53.5 Å². The molecule has 30 heavy (non-hydrogen) atoms. The molecule has 162 valence electrons. The second kappa shape index (κ2) is 12.5. The lowest BCUT2D eigenvalue weighted by Crippen LogP contribution is -2.09. The summed E-state index contributed by atoms with van der Waals surface area (Å²) in [7, 11) is 1.93. The minimum Gasteiger partial charge on any atom is -0.316 e. The molecule has 0 aliphatic rings. The van der Waals surface area contributed by atoms with Gasteiger partial charge in [-0.1, -0.05) is 52.3 Å². The Hall–Kier alpha value is -2.15. The van der Waals surface area contributed by atoms with Gasteiger partial charge < -0.3 is 5.32 Å². The van der Waals surface area contributed by atoms with Gasteiger partial charge in [-0.05, 0) is 37.7 Å². The van der Waals surface area contributed by atoms with E-state index in [2.05, 4.69) is 47.1 Å². The summed E-state index contributed by atoms with van der Waals surface area (Å²) < 4.78 is 0. The lowest BCUT2D eigenvalue weighted by atomic mass is 9.98. The Morgan fingerprint density at radius 2 is 1.87 bits per heavy atom. The minimum absolute atomic E-state index is 0.0614. The third-order valence-electron chi connectivity index (χ3n) is 3.87. The molecule has 3 aromatic rings. The van der Waals surface area contributed by atoms with Crippen LogP contribution in [0.4, 0.5) is 0 Å². The number of aldehydes is 1. The number of pyridine rings is 2. The predicted molar refractivity (Wildman–Crippen MR) is 128 cm³/mol. The Kier molecular flexibility index (Phi) is 10.8. The van der Waals surface area contributed by atoms with E-state index in [-0.39, 0.29) is 5.41 Å². The van der Waals surface area contributed by atoms with Crippen LogP contribution in [0.3, 0.4) is 0 Å². The Labute approximate surface area is 189 Å². The molecule has 3 rings (SSSR count). The number of aryl methyl sites for hydroxylation is 1. The van der Waals surface area contributed by atoms with Crippen molar-refractivity contribution in [3.05, 3.63) is 63.0 Å². The zero-order valence-electron chi connectivity index (χ0n) is 18.8. The number of hydrogen-bond donors (Lipinski definition) is 1. The Morgan fingerprint density at radius 3 is 2.33 bits per heavy atom. The van der Waals surface area contributed by atoms with Crippen molar-refractivity contribution in [3.63, 3.8) is 0 Å². The molecule has 0 aromatic carbocycles. The number of carbonyl (C=O) groups excluding carboxylic acids is 1. The van der Waals surface area contributed by atoms with Crippen LogP contribution in [0.25, 0.3) is 11.3 Å². The highest BCUT2D eigenvalue weighted by Crippen LogP contribution is 2.25. The van der Waals surface area contributed by atoms with Crippen molar-refractivity contribution >= 4 is 29.2 Å². The topological polar surface area (TPSA) is 67.8 Å². The largest absolute Gasteiger partial charge is 0.316 e. The maximum absolute atomic E-state index is 10.3. The molecule has 0 aliphatic carbocycles. The third-order valence-corrected chi connectivity index (χ3v) is 5.42. The van der Waals surface area contributed by atoms with Crippen molar-refractivity contribution in [2.75, 3.05) is 7.05 Å². The molecule has 5 nitrogen and oxygen atoms in total. The van der Waals surface area contributed by atoms with Gasteiger partial charge in [0, 0.05) is 35.6 Å². The first-order valence-electron chi connectivity index (χ1n) is 9.89. The molecular weight excluding hydrogens is 416 g/mol. The Balaban J connectivity index is 0.000000300. The molecule has 0 saturated carbocycles. The van der Waals surface area contributed by atoms with Gasteiger partial charge in [0.15, 0.2) is 6.29 Å². The number of aromatic nitrogens is 3. The van der Waals surface area contributed by atoms with E-state index in [1.54, 1.807) is 12.4 Å². The number of nitrogens with zero attached hydrogens (tertiary/aromatic N) is 3. The maximum atomic E-state index is 10.3. The van der Waals surface area contributed by atoms with Gasteiger partial charge in [0.2, 0.25) is 0 Å². The van der Waals surface area contributed by atoms with Gasteiger partial charge in [0.1, 0.15) is 5.15 Å². The summed E-state index contributed by atoms with van der Waals surface area (Å²) in [5, 5.41) is 4.62. The maximum Gasteiger partial charge on any atom is 0.161 e. The lowest BCUT2D eigenvalue weighted by molar-refractivity contribution is 0.112. The molecule has 0 aliphatic heterocycles. The monoisotopic (exact) mass is 446 g/mol. The van der Waals surface area contributed by atoms with E-state index in [9.17, 15) is 4.79 Å². The second-order valence-corrected chi connectivity index (χ2v) is 8.72. The molecule has 0 atom stereocenters. The van der Waals surface area contributed by atoms with E-state index < -0.39 is 0 Å². The van der Waals surface area contributed by atoms with Gasteiger partial charge in [-0.15, -0.1) is 11.3 Å². The van der Waals surface area contributed by atoms with Crippen molar-refractivity contribution in [1.29, 1.82) is 0 Å². The van der Waals surface area contributed by atoms with Crippen molar-refractivity contribution in [3.8, 4) is 11.3 Å². The molecule has 1 N–H and O–H groups in total. The number of carbonyl (C=O) groups is 1. The first kappa shape index (κ1) is 25.9. The van der Waals surface area contributed by atoms with Crippen molar-refractivity contribution in [2.24, 2.45) is 0 Å². The molecule has 0 fully saturated rings. The summed E-state index contributed by atoms with van der Waals surface area (Å²) in [4.78, 5) is 23.7. The first-order chi connectivity index (χ1) is 14.2. The summed E-state index contributed by atoms with van der Waals surface area (Å²) >= 11 is 7.33. The highest BCUT2D eigenvalue weighted by atomic mass is 35.5. The van der Waals surface area contributed by atoms with Crippen LogP contribution in [-0.4, -0.2) is 28.3 Å². The average molecular weight is 447 g/mol. The van der Waals surface area contributed by atoms with Gasteiger partial charge in [0.25, 0.3) is 0 Å². The van der Waals surface area contributed by atoms with Gasteiger partial charge in [-0.25, -0.2) is 9.97 Å². The predicted octanol–water partition coefficient (Wildman–Crippen LogP) is 6.10. The van der Waals surface area contributed by atoms with Gasteiger partial charge in [-0.2, -0.15) is 0 Å². The van der Waals surface area contributed by atoms with Crippen LogP contribution < -0.4 is 5.32 Å². The second-order valence-electron chi connectivity index (χ2n) is 7.27. The normalized spacial score (nSPS) is 10.4. The molecule has 0 unspecified atom stereocenters. The fourth-order valence-electron chi connectivity index (χ4n) is 2.38. The standard InChI is InChI=1S/C13H14ClN3.C8H11NOS.C2H6/c1-9-11(8-15-2)3-4-12(17-9)10-5-6-16-13(14)7-10;1-8(2,3)7-9-4-6(5-10)11-7;1-2/h3-7,15H,8H2,1-2H3;4-5H,1-3H3;1-2H3. The van der Waals surface area contributed by atoms with E-state index in [0.717, 1.165) is 34.8 Å². The van der Waals surface area contributed by atoms with Crippen LogP contribution in [0.15, 0.2) is 36.7 Å². The molecule has 3 aromatic heterocycles. The van der Waals surface area contributed by atoms with E-state index in [1.807, 2.05) is 46.0 Å². The highest BCUT2D eigenvalue weighted by molar-refractivity contribution is 7.13. The molecule has 7 heteroatoms. The zero-order chi connectivity index (χ0) is 22.7. The molecule has 0 radical (unpaired) electrons. The molecule has 0 bridgehead atoms. The summed E-state index contributed by atoms with van der Waals surface area (Å²) in [6.45, 7) is 13.1. The van der Waals surface area contributed by atoms with Crippen molar-refractivity contribution in [1.82, 2.24) is 20.3 Å². The summed E-state index contributed by atoms with van der Waals surface area (Å²) in [5.41, 5.74) is 4.21. The van der Waals surface area contributed by atoms with E-state index in [1.165, 1.54) is 16.9 Å². The van der Waals surface area contributed by atoms with Crippen LogP contribution in [0.2, 0.25) is 5.15 Å². The van der Waals surface area contributed by atoms with Crippen LogP contribution in [-0.2, 0) is 12.0 Å². The Bertz CT molecular complexity index is 935. The number of halogens is 1. The quantitative estimate of drug-likeness (QED) is 0.387. The molecule has 0 spiro atoms. The van der Waals surface area contributed by atoms with Crippen LogP contribution in [0, 0.1) is 6.92 Å². The molecular formula is C23H31ClN4OS. The minimum atomic E-state index is 0.0614. The fourth-order valence-corrected chi connectivity index (χ4v) is 3.34. The number of rotatable bonds is 4.